The quantitative estimate of drug-likeness (QED) is 0.933. The van der Waals surface area contributed by atoms with E-state index in [4.69, 9.17) is 4.42 Å². The molecule has 90 valence electrons. The van der Waals surface area contributed by atoms with E-state index in [0.717, 1.165) is 11.8 Å². The Hall–Kier alpha value is -1.20. The highest BCUT2D eigenvalue weighted by atomic mass is 79.9. The van der Waals surface area contributed by atoms with Crippen LogP contribution in [0.25, 0.3) is 0 Å². The van der Waals surface area contributed by atoms with Gasteiger partial charge in [0, 0.05) is 18.2 Å². The predicted molar refractivity (Wildman–Crippen MR) is 63.3 cm³/mol. The fraction of sp³-hybridized carbons (Fsp3) is 0.167. The molecule has 1 aromatic carbocycles. The molecular formula is C12H10BrF2NO. The summed E-state index contributed by atoms with van der Waals surface area (Å²) in [6, 6.07) is 7.15. The first kappa shape index (κ1) is 12.3. The van der Waals surface area contributed by atoms with Crippen LogP contribution in [0.4, 0.5) is 8.78 Å². The van der Waals surface area contributed by atoms with Crippen LogP contribution in [-0.4, -0.2) is 0 Å². The van der Waals surface area contributed by atoms with Crippen LogP contribution < -0.4 is 5.32 Å². The molecule has 1 N–H and O–H groups in total. The lowest BCUT2D eigenvalue weighted by atomic mass is 10.2. The second kappa shape index (κ2) is 5.42. The fourth-order valence-corrected chi connectivity index (χ4v) is 1.77. The standard InChI is InChI=1S/C12H10BrF2NO/c13-12-4-3-10(17-12)7-16-6-8-1-2-9(14)5-11(8)15/h1-5,16H,6-7H2. The number of hydrogen-bond acceptors (Lipinski definition) is 2. The third kappa shape index (κ3) is 3.38. The van der Waals surface area contributed by atoms with Crippen LogP contribution in [0, 0.1) is 11.6 Å². The van der Waals surface area contributed by atoms with Crippen molar-refractivity contribution in [2.24, 2.45) is 0 Å². The lowest BCUT2D eigenvalue weighted by molar-refractivity contribution is 0.462. The molecule has 2 rings (SSSR count). The van der Waals surface area contributed by atoms with Gasteiger partial charge in [-0.1, -0.05) is 6.07 Å². The van der Waals surface area contributed by atoms with Crippen LogP contribution in [0.15, 0.2) is 39.4 Å². The van der Waals surface area contributed by atoms with E-state index >= 15 is 0 Å². The van der Waals surface area contributed by atoms with E-state index in [1.54, 1.807) is 6.07 Å². The molecule has 0 aliphatic carbocycles. The topological polar surface area (TPSA) is 25.2 Å². The molecule has 2 aromatic rings. The van der Waals surface area contributed by atoms with Crippen molar-refractivity contribution in [2.45, 2.75) is 13.1 Å². The molecule has 1 aromatic heterocycles. The Kier molecular flexibility index (Phi) is 3.91. The van der Waals surface area contributed by atoms with Gasteiger partial charge in [0.05, 0.1) is 6.54 Å². The molecule has 5 heteroatoms. The lowest BCUT2D eigenvalue weighted by Crippen LogP contribution is -2.13. The summed E-state index contributed by atoms with van der Waals surface area (Å²) in [6.07, 6.45) is 0. The molecule has 0 saturated carbocycles. The molecule has 0 aliphatic rings. The SMILES string of the molecule is Fc1ccc(CNCc2ccc(Br)o2)c(F)c1. The van der Waals surface area contributed by atoms with E-state index in [0.29, 0.717) is 23.3 Å². The average Bonchev–Trinajstić information content (AvgIpc) is 2.68. The minimum absolute atomic E-state index is 0.324. The van der Waals surface area contributed by atoms with Gasteiger partial charge in [0.2, 0.25) is 0 Å². The van der Waals surface area contributed by atoms with E-state index < -0.39 is 11.6 Å². The summed E-state index contributed by atoms with van der Waals surface area (Å²) in [5.74, 6) is -0.362. The molecule has 0 saturated heterocycles. The summed E-state index contributed by atoms with van der Waals surface area (Å²) in [4.78, 5) is 0. The molecule has 0 bridgehead atoms. The van der Waals surface area contributed by atoms with E-state index in [-0.39, 0.29) is 0 Å². The highest BCUT2D eigenvalue weighted by Gasteiger charge is 2.04. The smallest absolute Gasteiger partial charge is 0.169 e. The second-order valence-corrected chi connectivity index (χ2v) is 4.33. The van der Waals surface area contributed by atoms with Crippen LogP contribution in [0.3, 0.4) is 0 Å². The van der Waals surface area contributed by atoms with Gasteiger partial charge >= 0.3 is 0 Å². The van der Waals surface area contributed by atoms with Crippen LogP contribution in [0.5, 0.6) is 0 Å². The van der Waals surface area contributed by atoms with Crippen molar-refractivity contribution in [3.8, 4) is 0 Å². The van der Waals surface area contributed by atoms with E-state index in [2.05, 4.69) is 21.2 Å². The summed E-state index contributed by atoms with van der Waals surface area (Å²) in [7, 11) is 0. The zero-order valence-corrected chi connectivity index (χ0v) is 10.4. The van der Waals surface area contributed by atoms with Gasteiger partial charge in [0.1, 0.15) is 17.4 Å². The van der Waals surface area contributed by atoms with Gasteiger partial charge < -0.3 is 9.73 Å². The molecule has 0 radical (unpaired) electrons. The summed E-state index contributed by atoms with van der Waals surface area (Å²) >= 11 is 3.19. The van der Waals surface area contributed by atoms with Gasteiger partial charge in [-0.2, -0.15) is 0 Å². The van der Waals surface area contributed by atoms with E-state index in [1.807, 2.05) is 6.07 Å². The van der Waals surface area contributed by atoms with Gasteiger partial charge in [0.15, 0.2) is 4.67 Å². The third-order valence-corrected chi connectivity index (χ3v) is 2.68. The molecule has 0 atom stereocenters. The normalized spacial score (nSPS) is 10.8. The van der Waals surface area contributed by atoms with Crippen molar-refractivity contribution in [3.63, 3.8) is 0 Å². The van der Waals surface area contributed by atoms with Gasteiger partial charge in [-0.15, -0.1) is 0 Å². The molecule has 1 heterocycles. The summed E-state index contributed by atoms with van der Waals surface area (Å²) in [5.41, 5.74) is 0.428. The van der Waals surface area contributed by atoms with E-state index in [9.17, 15) is 8.78 Å². The van der Waals surface area contributed by atoms with Gasteiger partial charge in [0.25, 0.3) is 0 Å². The van der Waals surface area contributed by atoms with E-state index in [1.165, 1.54) is 12.1 Å². The first-order valence-electron chi connectivity index (χ1n) is 5.04. The minimum atomic E-state index is -0.568. The largest absolute Gasteiger partial charge is 0.453 e. The Labute approximate surface area is 106 Å². The van der Waals surface area contributed by atoms with Crippen molar-refractivity contribution in [1.82, 2.24) is 5.32 Å². The highest BCUT2D eigenvalue weighted by molar-refractivity contribution is 9.10. The second-order valence-electron chi connectivity index (χ2n) is 3.55. The van der Waals surface area contributed by atoms with Gasteiger partial charge in [-0.25, -0.2) is 8.78 Å². The van der Waals surface area contributed by atoms with Crippen molar-refractivity contribution >= 4 is 15.9 Å². The maximum Gasteiger partial charge on any atom is 0.169 e. The number of furan rings is 1. The monoisotopic (exact) mass is 301 g/mol. The Morgan fingerprint density at radius 3 is 2.59 bits per heavy atom. The Bertz CT molecular complexity index is 513. The number of benzene rings is 1. The number of nitrogens with one attached hydrogen (secondary N) is 1. The van der Waals surface area contributed by atoms with Crippen LogP contribution in [0.1, 0.15) is 11.3 Å². The molecule has 0 aliphatic heterocycles. The first-order chi connectivity index (χ1) is 8.15. The average molecular weight is 302 g/mol. The predicted octanol–water partition coefficient (Wildman–Crippen LogP) is 3.61. The van der Waals surface area contributed by atoms with Crippen molar-refractivity contribution in [2.75, 3.05) is 0 Å². The summed E-state index contributed by atoms with van der Waals surface area (Å²) in [5, 5.41) is 3.01. The first-order valence-corrected chi connectivity index (χ1v) is 5.83. The minimum Gasteiger partial charge on any atom is -0.453 e. The van der Waals surface area contributed by atoms with Crippen LogP contribution >= 0.6 is 15.9 Å². The molecule has 0 unspecified atom stereocenters. The van der Waals surface area contributed by atoms with Crippen LogP contribution in [-0.2, 0) is 13.1 Å². The third-order valence-electron chi connectivity index (χ3n) is 2.26. The Morgan fingerprint density at radius 2 is 1.94 bits per heavy atom. The van der Waals surface area contributed by atoms with Gasteiger partial charge in [-0.3, -0.25) is 0 Å². The molecule has 17 heavy (non-hydrogen) atoms. The number of hydrogen-bond donors (Lipinski definition) is 1. The molecule has 0 fully saturated rings. The van der Waals surface area contributed by atoms with Crippen molar-refractivity contribution < 1.29 is 13.2 Å². The van der Waals surface area contributed by atoms with Crippen LogP contribution in [0.2, 0.25) is 0 Å². The number of rotatable bonds is 4. The lowest BCUT2D eigenvalue weighted by Gasteiger charge is -2.04. The Morgan fingerprint density at radius 1 is 1.12 bits per heavy atom. The fourth-order valence-electron chi connectivity index (χ4n) is 1.43. The zero-order chi connectivity index (χ0) is 12.3. The molecular weight excluding hydrogens is 292 g/mol. The zero-order valence-electron chi connectivity index (χ0n) is 8.84. The molecule has 2 nitrogen and oxygen atoms in total. The highest BCUT2D eigenvalue weighted by Crippen LogP contribution is 2.14. The summed E-state index contributed by atoms with van der Waals surface area (Å²) in [6.45, 7) is 0.812. The Balaban J connectivity index is 1.90. The van der Waals surface area contributed by atoms with Crippen molar-refractivity contribution in [1.29, 1.82) is 0 Å². The maximum atomic E-state index is 13.3. The summed E-state index contributed by atoms with van der Waals surface area (Å²) < 4.78 is 31.9. The number of halogens is 3. The molecule has 0 amide bonds. The maximum absolute atomic E-state index is 13.3. The van der Waals surface area contributed by atoms with Crippen molar-refractivity contribution in [3.05, 3.63) is 58.0 Å². The van der Waals surface area contributed by atoms with Gasteiger partial charge in [-0.05, 0) is 34.1 Å². The molecule has 0 spiro atoms.